The van der Waals surface area contributed by atoms with Crippen LogP contribution >= 0.6 is 0 Å². The van der Waals surface area contributed by atoms with Crippen LogP contribution in [-0.2, 0) is 9.53 Å². The number of anilines is 1. The number of amides is 2. The molecule has 0 spiro atoms. The van der Waals surface area contributed by atoms with E-state index in [1.165, 1.54) is 0 Å². The van der Waals surface area contributed by atoms with E-state index in [4.69, 9.17) is 4.74 Å². The predicted octanol–water partition coefficient (Wildman–Crippen LogP) is 2.78. The first kappa shape index (κ1) is 16.5. The number of rotatable bonds is 5. The Hall–Kier alpha value is -2.89. The van der Waals surface area contributed by atoms with Gasteiger partial charge in [-0.25, -0.2) is 9.59 Å². The zero-order valence-electron chi connectivity index (χ0n) is 13.2. The van der Waals surface area contributed by atoms with Gasteiger partial charge in [0.15, 0.2) is 0 Å². The van der Waals surface area contributed by atoms with Gasteiger partial charge < -0.3 is 15.4 Å². The molecule has 0 unspecified atom stereocenters. The van der Waals surface area contributed by atoms with Gasteiger partial charge in [0.25, 0.3) is 0 Å². The second-order valence-corrected chi connectivity index (χ2v) is 5.13. The molecule has 2 N–H and O–H groups in total. The largest absolute Gasteiger partial charge is 0.460 e. The summed E-state index contributed by atoms with van der Waals surface area (Å²) in [5.41, 5.74) is 2.56. The number of carbonyl (C=O) groups is 2. The molecule has 0 bridgehead atoms. The van der Waals surface area contributed by atoms with Crippen LogP contribution in [0.15, 0.2) is 42.5 Å². The highest BCUT2D eigenvalue weighted by atomic mass is 16.5. The summed E-state index contributed by atoms with van der Waals surface area (Å²) in [6.45, 7) is 7.24. The maximum absolute atomic E-state index is 11.9. The third kappa shape index (κ3) is 4.54. The Morgan fingerprint density at radius 2 is 2.04 bits per heavy atom. The minimum Gasteiger partial charge on any atom is -0.460 e. The van der Waals surface area contributed by atoms with E-state index in [-0.39, 0.29) is 19.2 Å². The van der Waals surface area contributed by atoms with Crippen LogP contribution in [0.5, 0.6) is 0 Å². The number of pyridine rings is 1. The van der Waals surface area contributed by atoms with E-state index in [2.05, 4.69) is 22.2 Å². The van der Waals surface area contributed by atoms with Gasteiger partial charge in [-0.05, 0) is 26.0 Å². The molecule has 2 aromatic rings. The zero-order chi connectivity index (χ0) is 16.8. The second-order valence-electron chi connectivity index (χ2n) is 5.13. The quantitative estimate of drug-likeness (QED) is 0.505. The van der Waals surface area contributed by atoms with Gasteiger partial charge in [-0.3, -0.25) is 4.98 Å². The SMILES string of the molecule is C=C(C)C(=O)OCCNC(=O)Nc1cccc2ccc(C)nc12. The number of urea groups is 1. The van der Waals surface area contributed by atoms with Crippen molar-refractivity contribution in [2.45, 2.75) is 13.8 Å². The molecule has 1 heterocycles. The standard InChI is InChI=1S/C17H19N3O3/c1-11(2)16(21)23-10-9-18-17(22)20-14-6-4-5-13-8-7-12(3)19-15(13)14/h4-8H,1,9-10H2,2-3H3,(H2,18,20,22). The molecule has 0 fully saturated rings. The molecule has 0 saturated carbocycles. The maximum Gasteiger partial charge on any atom is 0.333 e. The first-order valence-electron chi connectivity index (χ1n) is 7.21. The van der Waals surface area contributed by atoms with Crippen molar-refractivity contribution in [1.29, 1.82) is 0 Å². The third-order valence-corrected chi connectivity index (χ3v) is 3.08. The third-order valence-electron chi connectivity index (χ3n) is 3.08. The summed E-state index contributed by atoms with van der Waals surface area (Å²) in [5, 5.41) is 6.32. The Bertz CT molecular complexity index is 756. The molecule has 0 aliphatic carbocycles. The number of nitrogens with one attached hydrogen (secondary N) is 2. The first-order valence-corrected chi connectivity index (χ1v) is 7.21. The Labute approximate surface area is 134 Å². The highest BCUT2D eigenvalue weighted by molar-refractivity contribution is 5.99. The van der Waals surface area contributed by atoms with Crippen LogP contribution in [0.4, 0.5) is 10.5 Å². The lowest BCUT2D eigenvalue weighted by molar-refractivity contribution is -0.138. The lowest BCUT2D eigenvalue weighted by atomic mass is 10.2. The number of benzene rings is 1. The summed E-state index contributed by atoms with van der Waals surface area (Å²) in [6.07, 6.45) is 0. The average Bonchev–Trinajstić information content (AvgIpc) is 2.51. The van der Waals surface area contributed by atoms with E-state index in [1.54, 1.807) is 13.0 Å². The molecule has 6 nitrogen and oxygen atoms in total. The van der Waals surface area contributed by atoms with Gasteiger partial charge in [0.1, 0.15) is 6.61 Å². The molecule has 6 heteroatoms. The van der Waals surface area contributed by atoms with Crippen molar-refractivity contribution in [2.24, 2.45) is 0 Å². The highest BCUT2D eigenvalue weighted by Gasteiger charge is 2.07. The molecule has 1 aromatic heterocycles. The molecule has 2 amide bonds. The Balaban J connectivity index is 1.92. The molecule has 0 aliphatic rings. The summed E-state index contributed by atoms with van der Waals surface area (Å²) < 4.78 is 4.90. The molecule has 0 radical (unpaired) electrons. The lowest BCUT2D eigenvalue weighted by Gasteiger charge is -2.10. The van der Waals surface area contributed by atoms with Gasteiger partial charge in [0, 0.05) is 16.7 Å². The Kier molecular flexibility index (Phi) is 5.30. The van der Waals surface area contributed by atoms with E-state index < -0.39 is 5.97 Å². The van der Waals surface area contributed by atoms with Crippen molar-refractivity contribution in [3.05, 3.63) is 48.2 Å². The summed E-state index contributed by atoms with van der Waals surface area (Å²) in [7, 11) is 0. The fourth-order valence-corrected chi connectivity index (χ4v) is 1.94. The summed E-state index contributed by atoms with van der Waals surface area (Å²) >= 11 is 0. The maximum atomic E-state index is 11.9. The number of carbonyl (C=O) groups excluding carboxylic acids is 2. The van der Waals surface area contributed by atoms with Crippen molar-refractivity contribution < 1.29 is 14.3 Å². The second kappa shape index (κ2) is 7.40. The molecule has 0 saturated heterocycles. The summed E-state index contributed by atoms with van der Waals surface area (Å²) in [5.74, 6) is -0.471. The Morgan fingerprint density at radius 1 is 1.26 bits per heavy atom. The number of para-hydroxylation sites is 1. The normalized spacial score (nSPS) is 10.2. The highest BCUT2D eigenvalue weighted by Crippen LogP contribution is 2.21. The monoisotopic (exact) mass is 313 g/mol. The fourth-order valence-electron chi connectivity index (χ4n) is 1.94. The van der Waals surface area contributed by atoms with E-state index in [9.17, 15) is 9.59 Å². The first-order chi connectivity index (χ1) is 11.0. The van der Waals surface area contributed by atoms with Gasteiger partial charge >= 0.3 is 12.0 Å². The molecule has 0 atom stereocenters. The van der Waals surface area contributed by atoms with Crippen molar-refractivity contribution >= 4 is 28.6 Å². The van der Waals surface area contributed by atoms with Crippen molar-refractivity contribution in [1.82, 2.24) is 10.3 Å². The predicted molar refractivity (Wildman–Crippen MR) is 89.3 cm³/mol. The zero-order valence-corrected chi connectivity index (χ0v) is 13.2. The number of esters is 1. The molecule has 1 aromatic carbocycles. The van der Waals surface area contributed by atoms with Crippen LogP contribution < -0.4 is 10.6 Å². The molecule has 23 heavy (non-hydrogen) atoms. The number of nitrogens with zero attached hydrogens (tertiary/aromatic N) is 1. The van der Waals surface area contributed by atoms with Crippen molar-refractivity contribution in [3.63, 3.8) is 0 Å². The minimum absolute atomic E-state index is 0.0893. The van der Waals surface area contributed by atoms with Crippen LogP contribution in [0.2, 0.25) is 0 Å². The number of aromatic nitrogens is 1. The summed E-state index contributed by atoms with van der Waals surface area (Å²) in [4.78, 5) is 27.6. The number of fused-ring (bicyclic) bond motifs is 1. The van der Waals surface area contributed by atoms with Crippen LogP contribution in [0.3, 0.4) is 0 Å². The number of hydrogen-bond donors (Lipinski definition) is 2. The molecule has 0 aliphatic heterocycles. The number of aryl methyl sites for hydroxylation is 1. The van der Waals surface area contributed by atoms with Crippen molar-refractivity contribution in [2.75, 3.05) is 18.5 Å². The van der Waals surface area contributed by atoms with Gasteiger partial charge in [-0.15, -0.1) is 0 Å². The van der Waals surface area contributed by atoms with Gasteiger partial charge in [0.2, 0.25) is 0 Å². The number of ether oxygens (including phenoxy) is 1. The van der Waals surface area contributed by atoms with Crippen LogP contribution in [0.25, 0.3) is 10.9 Å². The van der Waals surface area contributed by atoms with Gasteiger partial charge in [-0.1, -0.05) is 24.8 Å². The molecule has 120 valence electrons. The van der Waals surface area contributed by atoms with E-state index in [0.717, 1.165) is 16.6 Å². The number of hydrogen-bond acceptors (Lipinski definition) is 4. The van der Waals surface area contributed by atoms with Crippen LogP contribution in [0, 0.1) is 6.92 Å². The van der Waals surface area contributed by atoms with Crippen LogP contribution in [0.1, 0.15) is 12.6 Å². The topological polar surface area (TPSA) is 80.3 Å². The summed E-state index contributed by atoms with van der Waals surface area (Å²) in [6, 6.07) is 9.06. The van der Waals surface area contributed by atoms with E-state index >= 15 is 0 Å². The fraction of sp³-hybridized carbons (Fsp3) is 0.235. The Morgan fingerprint density at radius 3 is 2.78 bits per heavy atom. The van der Waals surface area contributed by atoms with Gasteiger partial charge in [-0.2, -0.15) is 0 Å². The van der Waals surface area contributed by atoms with Crippen LogP contribution in [-0.4, -0.2) is 30.1 Å². The molecule has 2 rings (SSSR count). The van der Waals surface area contributed by atoms with Crippen molar-refractivity contribution in [3.8, 4) is 0 Å². The smallest absolute Gasteiger partial charge is 0.333 e. The van der Waals surface area contributed by atoms with Gasteiger partial charge in [0.05, 0.1) is 17.7 Å². The lowest BCUT2D eigenvalue weighted by Crippen LogP contribution is -2.32. The molecular formula is C17H19N3O3. The average molecular weight is 313 g/mol. The minimum atomic E-state index is -0.471. The van der Waals surface area contributed by atoms with E-state index in [1.807, 2.05) is 31.2 Å². The van der Waals surface area contributed by atoms with E-state index in [0.29, 0.717) is 11.3 Å². The molecular weight excluding hydrogens is 294 g/mol.